The molecule has 1 aliphatic rings. The summed E-state index contributed by atoms with van der Waals surface area (Å²) in [5.74, 6) is 2.69. The van der Waals surface area contributed by atoms with Crippen LogP contribution in [0.4, 0.5) is 0 Å². The van der Waals surface area contributed by atoms with Crippen molar-refractivity contribution in [3.05, 3.63) is 0 Å². The second-order valence-electron chi connectivity index (χ2n) is 5.40. The highest BCUT2D eigenvalue weighted by Crippen LogP contribution is 2.21. The summed E-state index contributed by atoms with van der Waals surface area (Å²) in [5, 5.41) is 3.83. The Balaban J connectivity index is 2.20. The number of rotatable bonds is 6. The molecule has 1 aliphatic heterocycles. The van der Waals surface area contributed by atoms with Gasteiger partial charge in [0.25, 0.3) is 0 Å². The predicted molar refractivity (Wildman–Crippen MR) is 71.7 cm³/mol. The van der Waals surface area contributed by atoms with Crippen molar-refractivity contribution in [2.45, 2.75) is 70.9 Å². The highest BCUT2D eigenvalue weighted by Gasteiger charge is 2.22. The van der Waals surface area contributed by atoms with E-state index in [2.05, 4.69) is 37.8 Å². The molecule has 2 heteroatoms. The minimum absolute atomic E-state index is 0.345. The van der Waals surface area contributed by atoms with Gasteiger partial charge in [0.2, 0.25) is 0 Å². The molecular formula is C13H27NS. The van der Waals surface area contributed by atoms with Crippen LogP contribution < -0.4 is 5.32 Å². The molecule has 0 aliphatic carbocycles. The number of unbranched alkanes of at least 4 members (excludes halogenated alkanes) is 2. The van der Waals surface area contributed by atoms with Crippen molar-refractivity contribution in [3.63, 3.8) is 0 Å². The molecule has 0 aromatic carbocycles. The van der Waals surface area contributed by atoms with E-state index in [-0.39, 0.29) is 0 Å². The maximum Gasteiger partial charge on any atom is 0.0163 e. The lowest BCUT2D eigenvalue weighted by molar-refractivity contribution is 0.305. The van der Waals surface area contributed by atoms with Gasteiger partial charge >= 0.3 is 0 Å². The zero-order valence-corrected chi connectivity index (χ0v) is 11.5. The first-order valence-corrected chi connectivity index (χ1v) is 7.65. The first-order valence-electron chi connectivity index (χ1n) is 6.49. The minimum atomic E-state index is 0.345. The SMILES string of the molecule is CCCCCC(C)(C)NC1CCCSC1. The Hall–Kier alpha value is 0.310. The van der Waals surface area contributed by atoms with Crippen LogP contribution in [-0.4, -0.2) is 23.1 Å². The maximum atomic E-state index is 3.83. The van der Waals surface area contributed by atoms with Gasteiger partial charge in [-0.3, -0.25) is 0 Å². The van der Waals surface area contributed by atoms with Gasteiger partial charge in [-0.05, 0) is 38.9 Å². The van der Waals surface area contributed by atoms with Crippen LogP contribution >= 0.6 is 11.8 Å². The number of hydrogen-bond acceptors (Lipinski definition) is 2. The molecule has 15 heavy (non-hydrogen) atoms. The van der Waals surface area contributed by atoms with Gasteiger partial charge in [0.15, 0.2) is 0 Å². The second-order valence-corrected chi connectivity index (χ2v) is 6.55. The van der Waals surface area contributed by atoms with E-state index in [1.807, 2.05) is 0 Å². The lowest BCUT2D eigenvalue weighted by Gasteiger charge is -2.34. The average molecular weight is 229 g/mol. The zero-order valence-electron chi connectivity index (χ0n) is 10.6. The van der Waals surface area contributed by atoms with Crippen LogP contribution in [-0.2, 0) is 0 Å². The molecule has 0 amide bonds. The van der Waals surface area contributed by atoms with Crippen molar-refractivity contribution >= 4 is 11.8 Å². The van der Waals surface area contributed by atoms with Gasteiger partial charge in [0.1, 0.15) is 0 Å². The highest BCUT2D eigenvalue weighted by molar-refractivity contribution is 7.99. The van der Waals surface area contributed by atoms with Crippen LogP contribution in [0.5, 0.6) is 0 Å². The normalized spacial score (nSPS) is 23.0. The molecule has 1 heterocycles. The van der Waals surface area contributed by atoms with E-state index in [1.165, 1.54) is 50.0 Å². The molecule has 0 bridgehead atoms. The van der Waals surface area contributed by atoms with Crippen LogP contribution in [0.15, 0.2) is 0 Å². The third-order valence-corrected chi connectivity index (χ3v) is 4.38. The van der Waals surface area contributed by atoms with Crippen LogP contribution in [0.1, 0.15) is 59.3 Å². The number of thioether (sulfide) groups is 1. The molecule has 0 saturated carbocycles. The van der Waals surface area contributed by atoms with E-state index >= 15 is 0 Å². The van der Waals surface area contributed by atoms with Crippen LogP contribution in [0.25, 0.3) is 0 Å². The minimum Gasteiger partial charge on any atom is -0.308 e. The first kappa shape index (κ1) is 13.4. The largest absolute Gasteiger partial charge is 0.308 e. The van der Waals surface area contributed by atoms with Gasteiger partial charge in [-0.2, -0.15) is 11.8 Å². The monoisotopic (exact) mass is 229 g/mol. The van der Waals surface area contributed by atoms with Crippen molar-refractivity contribution in [3.8, 4) is 0 Å². The molecule has 1 rings (SSSR count). The van der Waals surface area contributed by atoms with Gasteiger partial charge in [0.05, 0.1) is 0 Å². The Labute approximate surface area is 99.8 Å². The van der Waals surface area contributed by atoms with E-state index in [0.717, 1.165) is 6.04 Å². The molecule has 1 atom stereocenters. The Morgan fingerprint density at radius 1 is 1.33 bits per heavy atom. The second kappa shape index (κ2) is 6.80. The molecular weight excluding hydrogens is 202 g/mol. The summed E-state index contributed by atoms with van der Waals surface area (Å²) < 4.78 is 0. The molecule has 1 N–H and O–H groups in total. The van der Waals surface area contributed by atoms with Gasteiger partial charge in [-0.25, -0.2) is 0 Å². The van der Waals surface area contributed by atoms with E-state index in [9.17, 15) is 0 Å². The van der Waals surface area contributed by atoms with Crippen molar-refractivity contribution < 1.29 is 0 Å². The molecule has 0 spiro atoms. The summed E-state index contributed by atoms with van der Waals surface area (Å²) in [5.41, 5.74) is 0.345. The molecule has 0 radical (unpaired) electrons. The summed E-state index contributed by atoms with van der Waals surface area (Å²) in [7, 11) is 0. The molecule has 1 fully saturated rings. The van der Waals surface area contributed by atoms with Gasteiger partial charge in [-0.15, -0.1) is 0 Å². The Bertz CT molecular complexity index is 162. The molecule has 90 valence electrons. The Morgan fingerprint density at radius 2 is 2.13 bits per heavy atom. The van der Waals surface area contributed by atoms with Crippen molar-refractivity contribution in [1.82, 2.24) is 5.32 Å². The quantitative estimate of drug-likeness (QED) is 0.695. The Morgan fingerprint density at radius 3 is 2.73 bits per heavy atom. The summed E-state index contributed by atoms with van der Waals surface area (Å²) >= 11 is 2.11. The van der Waals surface area contributed by atoms with Crippen molar-refractivity contribution in [2.75, 3.05) is 11.5 Å². The average Bonchev–Trinajstić information content (AvgIpc) is 2.18. The number of hydrogen-bond donors (Lipinski definition) is 1. The smallest absolute Gasteiger partial charge is 0.0163 e. The summed E-state index contributed by atoms with van der Waals surface area (Å²) in [6.07, 6.45) is 8.18. The Kier molecular flexibility index (Phi) is 6.06. The lowest BCUT2D eigenvalue weighted by Crippen LogP contribution is -2.47. The molecule has 0 aromatic heterocycles. The standard InChI is InChI=1S/C13H27NS/c1-4-5-6-9-13(2,3)14-12-8-7-10-15-11-12/h12,14H,4-11H2,1-3H3. The van der Waals surface area contributed by atoms with E-state index in [4.69, 9.17) is 0 Å². The van der Waals surface area contributed by atoms with Crippen LogP contribution in [0.2, 0.25) is 0 Å². The fourth-order valence-electron chi connectivity index (χ4n) is 2.30. The fraction of sp³-hybridized carbons (Fsp3) is 1.00. The highest BCUT2D eigenvalue weighted by atomic mass is 32.2. The third kappa shape index (κ3) is 5.82. The molecule has 1 saturated heterocycles. The number of nitrogens with one attached hydrogen (secondary N) is 1. The maximum absolute atomic E-state index is 3.83. The zero-order chi connectivity index (χ0) is 11.1. The topological polar surface area (TPSA) is 12.0 Å². The van der Waals surface area contributed by atoms with Crippen molar-refractivity contribution in [2.24, 2.45) is 0 Å². The summed E-state index contributed by atoms with van der Waals surface area (Å²) in [6, 6.07) is 0.764. The van der Waals surface area contributed by atoms with Crippen LogP contribution in [0.3, 0.4) is 0 Å². The first-order chi connectivity index (χ1) is 7.14. The van der Waals surface area contributed by atoms with E-state index in [0.29, 0.717) is 5.54 Å². The van der Waals surface area contributed by atoms with Gasteiger partial charge in [-0.1, -0.05) is 26.2 Å². The molecule has 0 aromatic rings. The summed E-state index contributed by atoms with van der Waals surface area (Å²) in [6.45, 7) is 7.00. The van der Waals surface area contributed by atoms with Crippen LogP contribution in [0, 0.1) is 0 Å². The lowest BCUT2D eigenvalue weighted by atomic mass is 9.95. The third-order valence-electron chi connectivity index (χ3n) is 3.16. The van der Waals surface area contributed by atoms with Gasteiger partial charge < -0.3 is 5.32 Å². The van der Waals surface area contributed by atoms with E-state index in [1.54, 1.807) is 0 Å². The van der Waals surface area contributed by atoms with E-state index < -0.39 is 0 Å². The summed E-state index contributed by atoms with van der Waals surface area (Å²) in [4.78, 5) is 0. The predicted octanol–water partition coefficient (Wildman–Crippen LogP) is 3.83. The molecule has 1 nitrogen and oxygen atoms in total. The van der Waals surface area contributed by atoms with Crippen molar-refractivity contribution in [1.29, 1.82) is 0 Å². The molecule has 1 unspecified atom stereocenters. The fourth-order valence-corrected chi connectivity index (χ4v) is 3.37. The van der Waals surface area contributed by atoms with Gasteiger partial charge in [0, 0.05) is 17.3 Å².